The Morgan fingerprint density at radius 3 is 2.55 bits per heavy atom. The molecule has 0 radical (unpaired) electrons. The molecule has 1 aliphatic heterocycles. The van der Waals surface area contributed by atoms with Crippen LogP contribution in [0.1, 0.15) is 37.4 Å². The lowest BCUT2D eigenvalue weighted by atomic mass is 10.1. The first-order valence-electron chi connectivity index (χ1n) is 9.55. The van der Waals surface area contributed by atoms with Crippen molar-refractivity contribution in [3.05, 3.63) is 99.6 Å². The second-order valence-electron chi connectivity index (χ2n) is 7.23. The summed E-state index contributed by atoms with van der Waals surface area (Å²) in [5.74, 6) is -0.144. The standard InChI is InChI=1S/C24H21ClN2O2/c1-16-5-8-18(9-6-16)24(29)27-12-11-19-13-17(7-10-22(19)27)15-26-23(28)20-3-2-4-21(25)14-20/h2-10,13-14H,11-12,15H2,1H3,(H,26,28). The van der Waals surface area contributed by atoms with Crippen molar-refractivity contribution in [1.29, 1.82) is 0 Å². The average molecular weight is 405 g/mol. The lowest BCUT2D eigenvalue weighted by Crippen LogP contribution is -2.28. The molecule has 0 atom stereocenters. The Bertz CT molecular complexity index is 1080. The number of rotatable bonds is 4. The van der Waals surface area contributed by atoms with Crippen LogP contribution in [0.4, 0.5) is 5.69 Å². The molecule has 146 valence electrons. The lowest BCUT2D eigenvalue weighted by molar-refractivity contribution is 0.0949. The zero-order chi connectivity index (χ0) is 20.4. The first-order valence-corrected chi connectivity index (χ1v) is 9.93. The van der Waals surface area contributed by atoms with Crippen LogP contribution in [0.25, 0.3) is 0 Å². The normalized spacial score (nSPS) is 12.6. The zero-order valence-electron chi connectivity index (χ0n) is 16.1. The van der Waals surface area contributed by atoms with E-state index in [1.54, 1.807) is 24.3 Å². The molecule has 29 heavy (non-hydrogen) atoms. The predicted octanol–water partition coefficient (Wildman–Crippen LogP) is 4.78. The number of hydrogen-bond acceptors (Lipinski definition) is 2. The third-order valence-electron chi connectivity index (χ3n) is 5.12. The molecule has 1 aliphatic rings. The number of fused-ring (bicyclic) bond motifs is 1. The summed E-state index contributed by atoms with van der Waals surface area (Å²) >= 11 is 5.95. The number of anilines is 1. The van der Waals surface area contributed by atoms with Crippen molar-refractivity contribution in [2.45, 2.75) is 19.9 Å². The van der Waals surface area contributed by atoms with Crippen molar-refractivity contribution >= 4 is 29.1 Å². The summed E-state index contributed by atoms with van der Waals surface area (Å²) in [7, 11) is 0. The molecule has 0 bridgehead atoms. The van der Waals surface area contributed by atoms with Crippen LogP contribution >= 0.6 is 11.6 Å². The predicted molar refractivity (Wildman–Crippen MR) is 116 cm³/mol. The highest BCUT2D eigenvalue weighted by Crippen LogP contribution is 2.30. The minimum atomic E-state index is -0.163. The van der Waals surface area contributed by atoms with E-state index in [1.165, 1.54) is 0 Å². The third-order valence-corrected chi connectivity index (χ3v) is 5.36. The molecule has 5 heteroatoms. The van der Waals surface area contributed by atoms with Crippen LogP contribution in [0, 0.1) is 6.92 Å². The van der Waals surface area contributed by atoms with Gasteiger partial charge in [0.05, 0.1) is 0 Å². The molecule has 0 fully saturated rings. The van der Waals surface area contributed by atoms with Crippen molar-refractivity contribution in [3.8, 4) is 0 Å². The van der Waals surface area contributed by atoms with Crippen molar-refractivity contribution in [2.24, 2.45) is 0 Å². The van der Waals surface area contributed by atoms with Crippen molar-refractivity contribution in [2.75, 3.05) is 11.4 Å². The number of halogens is 1. The molecule has 0 spiro atoms. The number of benzene rings is 3. The minimum absolute atomic E-state index is 0.0192. The highest BCUT2D eigenvalue weighted by Gasteiger charge is 2.25. The monoisotopic (exact) mass is 404 g/mol. The quantitative estimate of drug-likeness (QED) is 0.680. The van der Waals surface area contributed by atoms with Gasteiger partial charge in [0.2, 0.25) is 0 Å². The summed E-state index contributed by atoms with van der Waals surface area (Å²) in [6.07, 6.45) is 0.809. The maximum atomic E-state index is 12.9. The van der Waals surface area contributed by atoms with Crippen LogP contribution in [-0.2, 0) is 13.0 Å². The molecule has 1 heterocycles. The van der Waals surface area contributed by atoms with E-state index < -0.39 is 0 Å². The van der Waals surface area contributed by atoms with Gasteiger partial charge in [-0.2, -0.15) is 0 Å². The summed E-state index contributed by atoms with van der Waals surface area (Å²) in [4.78, 5) is 27.0. The van der Waals surface area contributed by atoms with Crippen molar-refractivity contribution < 1.29 is 9.59 Å². The van der Waals surface area contributed by atoms with Crippen LogP contribution in [0.3, 0.4) is 0 Å². The van der Waals surface area contributed by atoms with E-state index in [-0.39, 0.29) is 11.8 Å². The summed E-state index contributed by atoms with van der Waals surface area (Å²) in [5.41, 5.74) is 5.44. The first-order chi connectivity index (χ1) is 14.0. The van der Waals surface area contributed by atoms with Crippen LogP contribution in [0.15, 0.2) is 66.7 Å². The van der Waals surface area contributed by atoms with Crippen molar-refractivity contribution in [1.82, 2.24) is 5.32 Å². The topological polar surface area (TPSA) is 49.4 Å². The molecule has 0 aliphatic carbocycles. The van der Waals surface area contributed by atoms with Gasteiger partial charge < -0.3 is 10.2 Å². The fourth-order valence-electron chi connectivity index (χ4n) is 3.54. The molecular weight excluding hydrogens is 384 g/mol. The Labute approximate surface area is 175 Å². The summed E-state index contributed by atoms with van der Waals surface area (Å²) < 4.78 is 0. The molecule has 4 rings (SSSR count). The highest BCUT2D eigenvalue weighted by atomic mass is 35.5. The van der Waals surface area contributed by atoms with Gasteiger partial charge in [0.25, 0.3) is 11.8 Å². The molecule has 4 nitrogen and oxygen atoms in total. The van der Waals surface area contributed by atoms with E-state index in [4.69, 9.17) is 11.6 Å². The van der Waals surface area contributed by atoms with E-state index in [0.717, 1.165) is 28.8 Å². The summed E-state index contributed by atoms with van der Waals surface area (Å²) in [6.45, 7) is 3.09. The number of carbonyl (C=O) groups is 2. The van der Waals surface area contributed by atoms with Gasteiger partial charge in [-0.15, -0.1) is 0 Å². The number of carbonyl (C=O) groups excluding carboxylic acids is 2. The van der Waals surface area contributed by atoms with Gasteiger partial charge in [-0.25, -0.2) is 0 Å². The number of nitrogens with zero attached hydrogens (tertiary/aromatic N) is 1. The fraction of sp³-hybridized carbons (Fsp3) is 0.167. The van der Waals surface area contributed by atoms with Gasteiger partial charge in [0, 0.05) is 34.9 Å². The van der Waals surface area contributed by atoms with Gasteiger partial charge in [-0.05, 0) is 60.9 Å². The molecule has 0 aromatic heterocycles. The molecule has 0 unspecified atom stereocenters. The van der Waals surface area contributed by atoms with Gasteiger partial charge >= 0.3 is 0 Å². The third kappa shape index (κ3) is 4.17. The van der Waals surface area contributed by atoms with Gasteiger partial charge in [-0.1, -0.05) is 47.5 Å². The van der Waals surface area contributed by atoms with E-state index in [0.29, 0.717) is 29.2 Å². The summed E-state index contributed by atoms with van der Waals surface area (Å²) in [5, 5.41) is 3.46. The van der Waals surface area contributed by atoms with E-state index in [2.05, 4.69) is 11.4 Å². The Hall–Kier alpha value is -3.11. The number of amides is 2. The van der Waals surface area contributed by atoms with Crippen molar-refractivity contribution in [3.63, 3.8) is 0 Å². The van der Waals surface area contributed by atoms with Gasteiger partial charge in [0.15, 0.2) is 0 Å². The Balaban J connectivity index is 1.45. The van der Waals surface area contributed by atoms with Crippen LogP contribution in [0.5, 0.6) is 0 Å². The van der Waals surface area contributed by atoms with Crippen LogP contribution < -0.4 is 10.2 Å². The number of hydrogen-bond donors (Lipinski definition) is 1. The maximum absolute atomic E-state index is 12.9. The Morgan fingerprint density at radius 1 is 1.00 bits per heavy atom. The minimum Gasteiger partial charge on any atom is -0.348 e. The Morgan fingerprint density at radius 2 is 1.79 bits per heavy atom. The summed E-state index contributed by atoms with van der Waals surface area (Å²) in [6, 6.07) is 20.5. The largest absolute Gasteiger partial charge is 0.348 e. The second-order valence-corrected chi connectivity index (χ2v) is 7.67. The Kier molecular flexibility index (Phi) is 5.36. The smallest absolute Gasteiger partial charge is 0.258 e. The zero-order valence-corrected chi connectivity index (χ0v) is 16.9. The maximum Gasteiger partial charge on any atom is 0.258 e. The highest BCUT2D eigenvalue weighted by molar-refractivity contribution is 6.30. The second kappa shape index (κ2) is 8.10. The average Bonchev–Trinajstić information content (AvgIpc) is 3.15. The van der Waals surface area contributed by atoms with E-state index in [1.807, 2.05) is 48.2 Å². The molecule has 0 saturated heterocycles. The molecule has 0 saturated carbocycles. The van der Waals surface area contributed by atoms with Gasteiger partial charge in [-0.3, -0.25) is 9.59 Å². The van der Waals surface area contributed by atoms with Crippen LogP contribution in [-0.4, -0.2) is 18.4 Å². The van der Waals surface area contributed by atoms with Crippen LogP contribution in [0.2, 0.25) is 5.02 Å². The van der Waals surface area contributed by atoms with E-state index in [9.17, 15) is 9.59 Å². The lowest BCUT2D eigenvalue weighted by Gasteiger charge is -2.18. The van der Waals surface area contributed by atoms with Gasteiger partial charge in [0.1, 0.15) is 0 Å². The molecular formula is C24H21ClN2O2. The first kappa shape index (κ1) is 19.2. The number of nitrogens with one attached hydrogen (secondary N) is 1. The number of aryl methyl sites for hydroxylation is 1. The van der Waals surface area contributed by atoms with E-state index >= 15 is 0 Å². The molecule has 1 N–H and O–H groups in total. The molecule has 3 aromatic carbocycles. The fourth-order valence-corrected chi connectivity index (χ4v) is 3.73. The SMILES string of the molecule is Cc1ccc(C(=O)N2CCc3cc(CNC(=O)c4cccc(Cl)c4)ccc32)cc1. The molecule has 3 aromatic rings. The molecule has 2 amide bonds.